The lowest BCUT2D eigenvalue weighted by atomic mass is 9.96. The van der Waals surface area contributed by atoms with E-state index in [-0.39, 0.29) is 18.1 Å². The summed E-state index contributed by atoms with van der Waals surface area (Å²) in [6.45, 7) is 6.97. The van der Waals surface area contributed by atoms with Crippen LogP contribution in [0.15, 0.2) is 35.0 Å². The number of likely N-dealkylation sites (N-methyl/N-ethyl adjacent to an activating group) is 1. The lowest BCUT2D eigenvalue weighted by Gasteiger charge is -2.26. The predicted molar refractivity (Wildman–Crippen MR) is 111 cm³/mol. The van der Waals surface area contributed by atoms with Crippen LogP contribution in [0.5, 0.6) is 0 Å². The fourth-order valence-electron chi connectivity index (χ4n) is 3.14. The van der Waals surface area contributed by atoms with Crippen molar-refractivity contribution < 1.29 is 4.79 Å². The number of urea groups is 1. The van der Waals surface area contributed by atoms with Gasteiger partial charge in [-0.05, 0) is 86.8 Å². The maximum Gasteiger partial charge on any atom is 0.315 e. The summed E-state index contributed by atoms with van der Waals surface area (Å²) in [5.74, 6) is 0. The number of hydrogen-bond acceptors (Lipinski definition) is 3. The molecular formula is C21H31N3OS. The highest BCUT2D eigenvalue weighted by atomic mass is 32.1. The third-order valence-electron chi connectivity index (χ3n) is 4.81. The van der Waals surface area contributed by atoms with Crippen molar-refractivity contribution in [2.24, 2.45) is 0 Å². The van der Waals surface area contributed by atoms with Crippen LogP contribution in [0.2, 0.25) is 0 Å². The van der Waals surface area contributed by atoms with Gasteiger partial charge in [0.25, 0.3) is 0 Å². The Bertz CT molecular complexity index is 677. The summed E-state index contributed by atoms with van der Waals surface area (Å²) < 4.78 is 0. The van der Waals surface area contributed by atoms with E-state index in [9.17, 15) is 4.79 Å². The number of rotatable bonds is 8. The van der Waals surface area contributed by atoms with Crippen LogP contribution in [0.1, 0.15) is 29.2 Å². The van der Waals surface area contributed by atoms with Gasteiger partial charge in [0.2, 0.25) is 0 Å². The molecule has 0 spiro atoms. The minimum Gasteiger partial charge on any atom is -0.337 e. The van der Waals surface area contributed by atoms with Crippen molar-refractivity contribution in [3.8, 4) is 0 Å². The standard InChI is InChI=1S/C21H31N3OS/c1-15-7-6-8-16(2)20(15)12-19(24(4)5)13-22-21(25)23-17(3)11-18-9-10-26-14-18/h6-10,14,17,19H,11-13H2,1-5H3,(H2,22,23,25)/t17-,19?/m1/s1. The molecule has 1 heterocycles. The number of hydrogen-bond donors (Lipinski definition) is 2. The number of amides is 2. The molecule has 2 rings (SSSR count). The van der Waals surface area contributed by atoms with Crippen molar-refractivity contribution in [3.05, 3.63) is 57.3 Å². The highest BCUT2D eigenvalue weighted by molar-refractivity contribution is 7.07. The van der Waals surface area contributed by atoms with Gasteiger partial charge in [-0.2, -0.15) is 11.3 Å². The smallest absolute Gasteiger partial charge is 0.315 e. The summed E-state index contributed by atoms with van der Waals surface area (Å²) in [5.41, 5.74) is 5.26. The molecule has 2 amide bonds. The fourth-order valence-corrected chi connectivity index (χ4v) is 3.82. The quantitative estimate of drug-likeness (QED) is 0.740. The maximum atomic E-state index is 12.3. The zero-order chi connectivity index (χ0) is 19.1. The van der Waals surface area contributed by atoms with E-state index in [4.69, 9.17) is 0 Å². The Labute approximate surface area is 161 Å². The van der Waals surface area contributed by atoms with Gasteiger partial charge in [-0.15, -0.1) is 0 Å². The highest BCUT2D eigenvalue weighted by Crippen LogP contribution is 2.16. The predicted octanol–water partition coefficient (Wildman–Crippen LogP) is 3.77. The Morgan fingerprint density at radius 3 is 2.42 bits per heavy atom. The third-order valence-corrected chi connectivity index (χ3v) is 5.54. The summed E-state index contributed by atoms with van der Waals surface area (Å²) in [4.78, 5) is 14.4. The molecule has 0 bridgehead atoms. The fraction of sp³-hybridized carbons (Fsp3) is 0.476. The van der Waals surface area contributed by atoms with E-state index in [1.807, 2.05) is 6.92 Å². The lowest BCUT2D eigenvalue weighted by molar-refractivity contribution is 0.229. The number of carbonyl (C=O) groups is 1. The molecule has 142 valence electrons. The average molecular weight is 374 g/mol. The van der Waals surface area contributed by atoms with E-state index in [0.717, 1.165) is 12.8 Å². The van der Waals surface area contributed by atoms with Gasteiger partial charge in [0.05, 0.1) is 0 Å². The van der Waals surface area contributed by atoms with Crippen molar-refractivity contribution in [2.45, 2.75) is 45.7 Å². The van der Waals surface area contributed by atoms with Crippen LogP contribution in [-0.2, 0) is 12.8 Å². The molecule has 1 aromatic carbocycles. The van der Waals surface area contributed by atoms with Gasteiger partial charge in [-0.25, -0.2) is 4.79 Å². The van der Waals surface area contributed by atoms with Crippen LogP contribution in [0.3, 0.4) is 0 Å². The summed E-state index contributed by atoms with van der Waals surface area (Å²) in [7, 11) is 4.13. The zero-order valence-corrected chi connectivity index (χ0v) is 17.3. The minimum absolute atomic E-state index is 0.0962. The number of benzene rings is 1. The van der Waals surface area contributed by atoms with Crippen LogP contribution in [0, 0.1) is 13.8 Å². The second-order valence-electron chi connectivity index (χ2n) is 7.28. The van der Waals surface area contributed by atoms with Gasteiger partial charge in [-0.1, -0.05) is 18.2 Å². The second-order valence-corrected chi connectivity index (χ2v) is 8.06. The van der Waals surface area contributed by atoms with Crippen molar-refractivity contribution in [2.75, 3.05) is 20.6 Å². The first-order valence-corrected chi connectivity index (χ1v) is 10.1. The van der Waals surface area contributed by atoms with E-state index >= 15 is 0 Å². The Morgan fingerprint density at radius 2 is 1.85 bits per heavy atom. The van der Waals surface area contributed by atoms with Gasteiger partial charge in [0.1, 0.15) is 0 Å². The SMILES string of the molecule is Cc1cccc(C)c1CC(CNC(=O)N[C@H](C)Cc1ccsc1)N(C)C. The molecule has 0 radical (unpaired) electrons. The number of carbonyl (C=O) groups excluding carboxylic acids is 1. The van der Waals surface area contributed by atoms with Crippen molar-refractivity contribution in [1.29, 1.82) is 0 Å². The van der Waals surface area contributed by atoms with E-state index in [0.29, 0.717) is 6.54 Å². The van der Waals surface area contributed by atoms with Crippen LogP contribution < -0.4 is 10.6 Å². The molecule has 2 aromatic rings. The molecule has 0 saturated heterocycles. The Kier molecular flexibility index (Phi) is 7.66. The molecule has 0 fully saturated rings. The van der Waals surface area contributed by atoms with Crippen LogP contribution >= 0.6 is 11.3 Å². The Balaban J connectivity index is 1.86. The summed E-state index contributed by atoms with van der Waals surface area (Å²) in [6, 6.07) is 8.78. The normalized spacial score (nSPS) is 13.5. The average Bonchev–Trinajstić information content (AvgIpc) is 3.06. The Morgan fingerprint density at radius 1 is 1.15 bits per heavy atom. The second kappa shape index (κ2) is 9.74. The molecular weight excluding hydrogens is 342 g/mol. The molecule has 0 aliphatic carbocycles. The topological polar surface area (TPSA) is 44.4 Å². The van der Waals surface area contributed by atoms with Crippen LogP contribution in [0.25, 0.3) is 0 Å². The van der Waals surface area contributed by atoms with Crippen molar-refractivity contribution in [3.63, 3.8) is 0 Å². The number of thiophene rings is 1. The van der Waals surface area contributed by atoms with Crippen LogP contribution in [-0.4, -0.2) is 43.7 Å². The minimum atomic E-state index is -0.0962. The van der Waals surface area contributed by atoms with Gasteiger partial charge in [0, 0.05) is 18.6 Å². The largest absolute Gasteiger partial charge is 0.337 e. The molecule has 4 nitrogen and oxygen atoms in total. The number of nitrogens with zero attached hydrogens (tertiary/aromatic N) is 1. The van der Waals surface area contributed by atoms with Crippen LogP contribution in [0.4, 0.5) is 4.79 Å². The van der Waals surface area contributed by atoms with Gasteiger partial charge < -0.3 is 15.5 Å². The first-order chi connectivity index (χ1) is 12.4. The van der Waals surface area contributed by atoms with Gasteiger partial charge in [-0.3, -0.25) is 0 Å². The summed E-state index contributed by atoms with van der Waals surface area (Å²) in [6.07, 6.45) is 1.78. The van der Waals surface area contributed by atoms with E-state index in [2.05, 4.69) is 78.5 Å². The van der Waals surface area contributed by atoms with Gasteiger partial charge in [0.15, 0.2) is 0 Å². The number of aryl methyl sites for hydroxylation is 2. The third kappa shape index (κ3) is 6.15. The summed E-state index contributed by atoms with van der Waals surface area (Å²) >= 11 is 1.69. The first kappa shape index (κ1) is 20.5. The molecule has 5 heteroatoms. The summed E-state index contributed by atoms with van der Waals surface area (Å²) in [5, 5.41) is 10.3. The molecule has 2 N–H and O–H groups in total. The number of nitrogens with one attached hydrogen (secondary N) is 2. The first-order valence-electron chi connectivity index (χ1n) is 9.13. The monoisotopic (exact) mass is 373 g/mol. The van der Waals surface area contributed by atoms with Crippen molar-refractivity contribution >= 4 is 17.4 Å². The molecule has 0 saturated carbocycles. The maximum absolute atomic E-state index is 12.3. The molecule has 2 atom stereocenters. The van der Waals surface area contributed by atoms with Gasteiger partial charge >= 0.3 is 6.03 Å². The highest BCUT2D eigenvalue weighted by Gasteiger charge is 2.16. The van der Waals surface area contributed by atoms with E-state index in [1.54, 1.807) is 11.3 Å². The molecule has 1 unspecified atom stereocenters. The molecule has 0 aliphatic rings. The Hall–Kier alpha value is -1.85. The van der Waals surface area contributed by atoms with E-state index in [1.165, 1.54) is 22.3 Å². The molecule has 0 aliphatic heterocycles. The van der Waals surface area contributed by atoms with E-state index < -0.39 is 0 Å². The zero-order valence-electron chi connectivity index (χ0n) is 16.5. The molecule has 26 heavy (non-hydrogen) atoms. The molecule has 1 aromatic heterocycles. The van der Waals surface area contributed by atoms with Crippen molar-refractivity contribution in [1.82, 2.24) is 15.5 Å². The lowest BCUT2D eigenvalue weighted by Crippen LogP contribution is -2.47.